The zero-order valence-electron chi connectivity index (χ0n) is 14.2. The molecule has 4 nitrogen and oxygen atoms in total. The zero-order valence-corrected chi connectivity index (χ0v) is 14.2. The van der Waals surface area contributed by atoms with Gasteiger partial charge in [0.15, 0.2) is 0 Å². The topological polar surface area (TPSA) is 45.2 Å². The lowest BCUT2D eigenvalue weighted by atomic mass is 10.2. The van der Waals surface area contributed by atoms with Gasteiger partial charge in [-0.15, -0.1) is 0 Å². The molecule has 0 spiro atoms. The van der Waals surface area contributed by atoms with Crippen molar-refractivity contribution in [3.05, 3.63) is 53.9 Å². The smallest absolute Gasteiger partial charge is 0.272 e. The van der Waals surface area contributed by atoms with E-state index in [4.69, 9.17) is 0 Å². The Hall–Kier alpha value is -2.36. The Kier molecular flexibility index (Phi) is 6.15. The summed E-state index contributed by atoms with van der Waals surface area (Å²) in [6.45, 7) is 7.77. The minimum atomic E-state index is 0.00980. The Morgan fingerprint density at radius 2 is 1.61 bits per heavy atom. The summed E-state index contributed by atoms with van der Waals surface area (Å²) in [5.74, 6) is 0.00980. The first-order chi connectivity index (χ1) is 11.1. The maximum atomic E-state index is 12.5. The molecule has 0 saturated heterocycles. The molecule has 4 heteroatoms. The van der Waals surface area contributed by atoms with Crippen molar-refractivity contribution in [1.82, 2.24) is 9.88 Å². The second-order valence-electron chi connectivity index (χ2n) is 5.72. The molecule has 1 N–H and O–H groups in total. The highest BCUT2D eigenvalue weighted by Crippen LogP contribution is 2.17. The minimum absolute atomic E-state index is 0.00980. The molecule has 0 atom stereocenters. The first kappa shape index (κ1) is 17.0. The average Bonchev–Trinajstić information content (AvgIpc) is 2.57. The fourth-order valence-corrected chi connectivity index (χ4v) is 2.41. The largest absolute Gasteiger partial charge is 0.354 e. The third kappa shape index (κ3) is 4.81. The molecular weight excluding hydrogens is 286 g/mol. The fourth-order valence-electron chi connectivity index (χ4n) is 2.41. The lowest BCUT2D eigenvalue weighted by Gasteiger charge is -2.21. The number of hydrogen-bond donors (Lipinski definition) is 1. The number of aryl methyl sites for hydroxylation is 1. The molecule has 0 radical (unpaired) electrons. The quantitative estimate of drug-likeness (QED) is 0.824. The van der Waals surface area contributed by atoms with E-state index < -0.39 is 0 Å². The second-order valence-corrected chi connectivity index (χ2v) is 5.72. The summed E-state index contributed by atoms with van der Waals surface area (Å²) in [7, 11) is 0. The van der Waals surface area contributed by atoms with Gasteiger partial charge >= 0.3 is 0 Å². The van der Waals surface area contributed by atoms with Crippen LogP contribution in [0.4, 0.5) is 11.4 Å². The molecule has 0 bridgehead atoms. The number of aromatic nitrogens is 1. The van der Waals surface area contributed by atoms with Gasteiger partial charge in [-0.2, -0.15) is 0 Å². The van der Waals surface area contributed by atoms with Crippen LogP contribution in [0.2, 0.25) is 0 Å². The van der Waals surface area contributed by atoms with E-state index in [1.54, 1.807) is 12.3 Å². The number of nitrogens with zero attached hydrogens (tertiary/aromatic N) is 2. The minimum Gasteiger partial charge on any atom is -0.354 e. The van der Waals surface area contributed by atoms with E-state index >= 15 is 0 Å². The van der Waals surface area contributed by atoms with E-state index in [-0.39, 0.29) is 5.91 Å². The lowest BCUT2D eigenvalue weighted by Crippen LogP contribution is -2.33. The first-order valence-electron chi connectivity index (χ1n) is 8.23. The molecule has 0 aliphatic rings. The van der Waals surface area contributed by atoms with Crippen molar-refractivity contribution < 1.29 is 4.79 Å². The highest BCUT2D eigenvalue weighted by Gasteiger charge is 2.15. The molecule has 2 aromatic rings. The van der Waals surface area contributed by atoms with Crippen LogP contribution in [0.3, 0.4) is 0 Å². The molecular formula is C19H25N3O. The Labute approximate surface area is 138 Å². The number of anilines is 2. The van der Waals surface area contributed by atoms with E-state index in [1.807, 2.05) is 23.1 Å². The fraction of sp³-hybridized carbons (Fsp3) is 0.368. The molecule has 1 heterocycles. The van der Waals surface area contributed by atoms with Crippen LogP contribution >= 0.6 is 0 Å². The monoisotopic (exact) mass is 311 g/mol. The SMILES string of the molecule is CCCN(CCC)C(=O)c1ccc(Nc2ccc(C)cc2)cn1. The van der Waals surface area contributed by atoms with Gasteiger partial charge in [0.05, 0.1) is 11.9 Å². The van der Waals surface area contributed by atoms with Crippen LogP contribution < -0.4 is 5.32 Å². The van der Waals surface area contributed by atoms with Gasteiger partial charge in [0.25, 0.3) is 5.91 Å². The van der Waals surface area contributed by atoms with Gasteiger partial charge in [-0.3, -0.25) is 4.79 Å². The van der Waals surface area contributed by atoms with Gasteiger partial charge in [0, 0.05) is 18.8 Å². The number of hydrogen-bond acceptors (Lipinski definition) is 3. The predicted octanol–water partition coefficient (Wildman–Crippen LogP) is 4.40. The van der Waals surface area contributed by atoms with E-state index in [9.17, 15) is 4.79 Å². The van der Waals surface area contributed by atoms with Crippen molar-refractivity contribution in [2.24, 2.45) is 0 Å². The van der Waals surface area contributed by atoms with E-state index in [2.05, 4.69) is 43.2 Å². The summed E-state index contributed by atoms with van der Waals surface area (Å²) < 4.78 is 0. The summed E-state index contributed by atoms with van der Waals surface area (Å²) in [6.07, 6.45) is 3.63. The first-order valence-corrected chi connectivity index (χ1v) is 8.23. The number of nitrogens with one attached hydrogen (secondary N) is 1. The van der Waals surface area contributed by atoms with Crippen molar-refractivity contribution in [1.29, 1.82) is 0 Å². The van der Waals surface area contributed by atoms with Gasteiger partial charge in [0.2, 0.25) is 0 Å². The summed E-state index contributed by atoms with van der Waals surface area (Å²) >= 11 is 0. The van der Waals surface area contributed by atoms with Crippen molar-refractivity contribution in [3.63, 3.8) is 0 Å². The van der Waals surface area contributed by atoms with Crippen LogP contribution in [0.5, 0.6) is 0 Å². The molecule has 0 unspecified atom stereocenters. The number of carbonyl (C=O) groups is 1. The standard InChI is InChI=1S/C19H25N3O/c1-4-12-22(13-5-2)19(23)18-11-10-17(14-20-18)21-16-8-6-15(3)7-9-16/h6-11,14,21H,4-5,12-13H2,1-3H3. The Morgan fingerprint density at radius 3 is 2.13 bits per heavy atom. The summed E-state index contributed by atoms with van der Waals surface area (Å²) in [5.41, 5.74) is 3.61. The van der Waals surface area contributed by atoms with Gasteiger partial charge in [-0.25, -0.2) is 4.98 Å². The maximum absolute atomic E-state index is 12.5. The van der Waals surface area contributed by atoms with E-state index in [1.165, 1.54) is 5.56 Å². The Morgan fingerprint density at radius 1 is 1.00 bits per heavy atom. The van der Waals surface area contributed by atoms with Gasteiger partial charge < -0.3 is 10.2 Å². The number of benzene rings is 1. The van der Waals surface area contributed by atoms with Crippen LogP contribution in [0.1, 0.15) is 42.7 Å². The number of amides is 1. The molecule has 1 aromatic heterocycles. The molecule has 0 fully saturated rings. The Balaban J connectivity index is 2.05. The van der Waals surface area contributed by atoms with E-state index in [0.29, 0.717) is 5.69 Å². The summed E-state index contributed by atoms with van der Waals surface area (Å²) in [6, 6.07) is 11.9. The average molecular weight is 311 g/mol. The number of pyridine rings is 1. The van der Waals surface area contributed by atoms with Crippen LogP contribution in [0.15, 0.2) is 42.6 Å². The van der Waals surface area contributed by atoms with Crippen LogP contribution in [0, 0.1) is 6.92 Å². The van der Waals surface area contributed by atoms with Crippen LogP contribution in [0.25, 0.3) is 0 Å². The zero-order chi connectivity index (χ0) is 16.7. The van der Waals surface area contributed by atoms with Gasteiger partial charge in [0.1, 0.15) is 5.69 Å². The molecule has 0 aliphatic carbocycles. The van der Waals surface area contributed by atoms with Gasteiger partial charge in [-0.05, 0) is 44.0 Å². The molecule has 1 aromatic carbocycles. The number of carbonyl (C=O) groups excluding carboxylic acids is 1. The van der Waals surface area contributed by atoms with Gasteiger partial charge in [-0.1, -0.05) is 31.5 Å². The predicted molar refractivity (Wildman–Crippen MR) is 95.2 cm³/mol. The molecule has 0 aliphatic heterocycles. The van der Waals surface area contributed by atoms with Crippen molar-refractivity contribution in [3.8, 4) is 0 Å². The molecule has 1 amide bonds. The third-order valence-corrected chi connectivity index (χ3v) is 3.60. The van der Waals surface area contributed by atoms with E-state index in [0.717, 1.165) is 37.3 Å². The Bertz CT molecular complexity index is 614. The maximum Gasteiger partial charge on any atom is 0.272 e. The molecule has 23 heavy (non-hydrogen) atoms. The third-order valence-electron chi connectivity index (χ3n) is 3.60. The second kappa shape index (κ2) is 8.32. The number of rotatable bonds is 7. The highest BCUT2D eigenvalue weighted by molar-refractivity contribution is 5.92. The van der Waals surface area contributed by atoms with Crippen molar-refractivity contribution >= 4 is 17.3 Å². The van der Waals surface area contributed by atoms with Crippen LogP contribution in [-0.2, 0) is 0 Å². The summed E-state index contributed by atoms with van der Waals surface area (Å²) in [4.78, 5) is 18.7. The highest BCUT2D eigenvalue weighted by atomic mass is 16.2. The normalized spacial score (nSPS) is 10.4. The van der Waals surface area contributed by atoms with Crippen LogP contribution in [-0.4, -0.2) is 28.9 Å². The summed E-state index contributed by atoms with van der Waals surface area (Å²) in [5, 5.41) is 3.29. The van der Waals surface area contributed by atoms with Crippen molar-refractivity contribution in [2.45, 2.75) is 33.6 Å². The molecule has 0 saturated carbocycles. The molecule has 122 valence electrons. The van der Waals surface area contributed by atoms with Crippen molar-refractivity contribution in [2.75, 3.05) is 18.4 Å². The molecule has 2 rings (SSSR count). The lowest BCUT2D eigenvalue weighted by molar-refractivity contribution is 0.0749.